The summed E-state index contributed by atoms with van der Waals surface area (Å²) in [4.78, 5) is 12.1. The molecule has 2 N–H and O–H groups in total. The van der Waals surface area contributed by atoms with Gasteiger partial charge in [0, 0.05) is 11.1 Å². The van der Waals surface area contributed by atoms with Crippen molar-refractivity contribution in [2.45, 2.75) is 52.4 Å². The molecule has 0 aliphatic heterocycles. The van der Waals surface area contributed by atoms with Crippen molar-refractivity contribution < 1.29 is 14.3 Å². The van der Waals surface area contributed by atoms with E-state index in [1.807, 2.05) is 53.7 Å². The number of rotatable bonds is 3. The maximum absolute atomic E-state index is 13.7. The molecule has 5 heteroatoms. The lowest BCUT2D eigenvalue weighted by molar-refractivity contribution is 0.0951. The van der Waals surface area contributed by atoms with Crippen LogP contribution in [0.1, 0.15) is 68.6 Å². The van der Waals surface area contributed by atoms with Gasteiger partial charge in [-0.05, 0) is 40.7 Å². The van der Waals surface area contributed by atoms with Crippen LogP contribution in [0.3, 0.4) is 0 Å². The van der Waals surface area contributed by atoms with Crippen molar-refractivity contribution in [1.82, 2.24) is 5.43 Å². The van der Waals surface area contributed by atoms with Crippen LogP contribution in [0.25, 0.3) is 0 Å². The molecular weight excluding hydrogens is 343 g/mol. The van der Waals surface area contributed by atoms with Gasteiger partial charge in [0.25, 0.3) is 5.91 Å². The van der Waals surface area contributed by atoms with Crippen LogP contribution in [-0.4, -0.2) is 17.2 Å². The van der Waals surface area contributed by atoms with Crippen molar-refractivity contribution in [3.05, 3.63) is 64.5 Å². The van der Waals surface area contributed by atoms with E-state index in [1.54, 1.807) is 6.07 Å². The number of phenols is 1. The van der Waals surface area contributed by atoms with Gasteiger partial charge in [-0.2, -0.15) is 5.10 Å². The molecule has 0 fully saturated rings. The van der Waals surface area contributed by atoms with E-state index in [4.69, 9.17) is 0 Å². The summed E-state index contributed by atoms with van der Waals surface area (Å²) >= 11 is 0. The fraction of sp³-hybridized carbons (Fsp3) is 0.364. The lowest BCUT2D eigenvalue weighted by atomic mass is 9.78. The van der Waals surface area contributed by atoms with Gasteiger partial charge >= 0.3 is 0 Å². The van der Waals surface area contributed by atoms with Gasteiger partial charge in [-0.1, -0.05) is 53.7 Å². The molecule has 144 valence electrons. The minimum absolute atomic E-state index is 0.0638. The Balaban J connectivity index is 2.34. The minimum Gasteiger partial charge on any atom is -0.507 e. The van der Waals surface area contributed by atoms with Crippen molar-refractivity contribution in [2.24, 2.45) is 5.10 Å². The first-order valence-electron chi connectivity index (χ1n) is 8.87. The largest absolute Gasteiger partial charge is 0.507 e. The molecule has 0 unspecified atom stereocenters. The Hall–Kier alpha value is -2.69. The second-order valence-electron chi connectivity index (χ2n) is 8.64. The Morgan fingerprint density at radius 3 is 2.04 bits per heavy atom. The average Bonchev–Trinajstić information content (AvgIpc) is 2.54. The van der Waals surface area contributed by atoms with Crippen molar-refractivity contribution in [2.75, 3.05) is 0 Å². The van der Waals surface area contributed by atoms with E-state index in [-0.39, 0.29) is 22.1 Å². The third kappa shape index (κ3) is 4.94. The number of carbonyl (C=O) groups is 1. The van der Waals surface area contributed by atoms with E-state index in [0.29, 0.717) is 0 Å². The number of hydrogen-bond donors (Lipinski definition) is 2. The summed E-state index contributed by atoms with van der Waals surface area (Å²) in [6.07, 6.45) is 1.50. The maximum atomic E-state index is 13.7. The van der Waals surface area contributed by atoms with Crippen LogP contribution in [0.15, 0.2) is 41.5 Å². The van der Waals surface area contributed by atoms with E-state index in [9.17, 15) is 14.3 Å². The Kier molecular flexibility index (Phi) is 5.73. The molecule has 0 saturated heterocycles. The number of hydrazone groups is 1. The molecule has 0 heterocycles. The fourth-order valence-corrected chi connectivity index (χ4v) is 2.75. The molecule has 27 heavy (non-hydrogen) atoms. The third-order valence-electron chi connectivity index (χ3n) is 4.25. The van der Waals surface area contributed by atoms with Gasteiger partial charge in [0.2, 0.25) is 0 Å². The monoisotopic (exact) mass is 370 g/mol. The summed E-state index contributed by atoms with van der Waals surface area (Å²) in [6, 6.07) is 9.44. The molecule has 4 nitrogen and oxygen atoms in total. The van der Waals surface area contributed by atoms with Crippen molar-refractivity contribution in [3.63, 3.8) is 0 Å². The van der Waals surface area contributed by atoms with Gasteiger partial charge in [0.15, 0.2) is 0 Å². The summed E-state index contributed by atoms with van der Waals surface area (Å²) in [7, 11) is 0. The van der Waals surface area contributed by atoms with E-state index >= 15 is 0 Å². The zero-order valence-electron chi connectivity index (χ0n) is 16.7. The first-order chi connectivity index (χ1) is 12.4. The summed E-state index contributed by atoms with van der Waals surface area (Å²) in [5.41, 5.74) is 4.12. The molecule has 2 aromatic rings. The SMILES string of the molecule is CC(C)(C)c1cc(/C=N\NC(=O)c2ccccc2F)cc(C(C)(C)C)c1O. The number of phenolic OH excluding ortho intramolecular Hbond substituents is 1. The number of carbonyl (C=O) groups excluding carboxylic acids is 1. The number of benzene rings is 2. The molecule has 0 spiro atoms. The Bertz CT molecular complexity index is 840. The first-order valence-corrected chi connectivity index (χ1v) is 8.87. The Morgan fingerprint density at radius 1 is 1.04 bits per heavy atom. The highest BCUT2D eigenvalue weighted by atomic mass is 19.1. The van der Waals surface area contributed by atoms with Crippen LogP contribution in [0, 0.1) is 5.82 Å². The highest BCUT2D eigenvalue weighted by Gasteiger charge is 2.26. The van der Waals surface area contributed by atoms with E-state index in [0.717, 1.165) is 16.7 Å². The van der Waals surface area contributed by atoms with Gasteiger partial charge < -0.3 is 5.11 Å². The lowest BCUT2D eigenvalue weighted by Crippen LogP contribution is -2.20. The number of halogens is 1. The van der Waals surface area contributed by atoms with Crippen molar-refractivity contribution >= 4 is 12.1 Å². The van der Waals surface area contributed by atoms with Crippen molar-refractivity contribution in [3.8, 4) is 5.75 Å². The Labute approximate surface area is 160 Å². The third-order valence-corrected chi connectivity index (χ3v) is 4.25. The number of amides is 1. The Morgan fingerprint density at radius 2 is 1.56 bits per heavy atom. The quantitative estimate of drug-likeness (QED) is 0.597. The van der Waals surface area contributed by atoms with Crippen molar-refractivity contribution in [1.29, 1.82) is 0 Å². The first kappa shape index (κ1) is 20.6. The summed E-state index contributed by atoms with van der Waals surface area (Å²) in [6.45, 7) is 12.1. The molecule has 0 bridgehead atoms. The number of hydrogen-bond acceptors (Lipinski definition) is 3. The molecule has 0 radical (unpaired) electrons. The zero-order valence-corrected chi connectivity index (χ0v) is 16.7. The van der Waals surface area contributed by atoms with Crippen LogP contribution in [-0.2, 0) is 10.8 Å². The molecule has 2 rings (SSSR count). The van der Waals surface area contributed by atoms with Gasteiger partial charge in [-0.15, -0.1) is 0 Å². The van der Waals surface area contributed by atoms with Gasteiger partial charge in [0.05, 0.1) is 11.8 Å². The molecule has 0 aliphatic carbocycles. The zero-order chi connectivity index (χ0) is 20.4. The molecule has 1 amide bonds. The normalized spacial score (nSPS) is 12.4. The van der Waals surface area contributed by atoms with Gasteiger partial charge in [-0.25, -0.2) is 9.82 Å². The summed E-state index contributed by atoms with van der Waals surface area (Å²) in [5.74, 6) is -0.933. The second-order valence-corrected chi connectivity index (χ2v) is 8.64. The topological polar surface area (TPSA) is 61.7 Å². The van der Waals surface area contributed by atoms with Crippen LogP contribution < -0.4 is 5.43 Å². The number of aromatic hydroxyl groups is 1. The predicted octanol–water partition coefficient (Wildman–Crippen LogP) is 4.89. The van der Waals surface area contributed by atoms with Crippen LogP contribution in [0.2, 0.25) is 0 Å². The van der Waals surface area contributed by atoms with E-state index < -0.39 is 11.7 Å². The summed E-state index contributed by atoms with van der Waals surface area (Å²) < 4.78 is 13.7. The molecule has 0 aromatic heterocycles. The second kappa shape index (κ2) is 7.51. The molecule has 0 saturated carbocycles. The van der Waals surface area contributed by atoms with E-state index in [1.165, 1.54) is 24.4 Å². The average molecular weight is 370 g/mol. The fourth-order valence-electron chi connectivity index (χ4n) is 2.75. The van der Waals surface area contributed by atoms with Crippen LogP contribution in [0.5, 0.6) is 5.75 Å². The lowest BCUT2D eigenvalue weighted by Gasteiger charge is -2.27. The number of nitrogens with one attached hydrogen (secondary N) is 1. The maximum Gasteiger partial charge on any atom is 0.274 e. The van der Waals surface area contributed by atoms with Crippen LogP contribution in [0.4, 0.5) is 4.39 Å². The minimum atomic E-state index is -0.616. The van der Waals surface area contributed by atoms with Gasteiger partial charge in [0.1, 0.15) is 11.6 Å². The number of nitrogens with zero attached hydrogens (tertiary/aromatic N) is 1. The molecule has 0 atom stereocenters. The highest BCUT2D eigenvalue weighted by molar-refractivity contribution is 5.95. The smallest absolute Gasteiger partial charge is 0.274 e. The standard InChI is InChI=1S/C22H27FN2O2/c1-21(2,3)16-11-14(12-17(19(16)26)22(4,5)6)13-24-25-20(27)15-9-7-8-10-18(15)23/h7-13,26H,1-6H3,(H,25,27)/b24-13-. The van der Waals surface area contributed by atoms with E-state index in [2.05, 4.69) is 10.5 Å². The highest BCUT2D eigenvalue weighted by Crippen LogP contribution is 2.39. The molecule has 0 aliphatic rings. The van der Waals surface area contributed by atoms with Gasteiger partial charge in [-0.3, -0.25) is 4.79 Å². The molecule has 2 aromatic carbocycles. The van der Waals surface area contributed by atoms with Crippen LogP contribution >= 0.6 is 0 Å². The molecular formula is C22H27FN2O2. The summed E-state index contributed by atoms with van der Waals surface area (Å²) in [5, 5.41) is 14.7. The predicted molar refractivity (Wildman–Crippen MR) is 107 cm³/mol.